The van der Waals surface area contributed by atoms with Crippen LogP contribution in [0, 0.1) is 6.92 Å². The Morgan fingerprint density at radius 2 is 1.87 bits per heavy atom. The summed E-state index contributed by atoms with van der Waals surface area (Å²) in [5.74, 6) is 0. The Bertz CT molecular complexity index is 440. The van der Waals surface area contributed by atoms with E-state index >= 15 is 0 Å². The average Bonchev–Trinajstić information content (AvgIpc) is 2.66. The minimum absolute atomic E-state index is 1.17. The highest BCUT2D eigenvalue weighted by Crippen LogP contribution is 2.30. The lowest BCUT2D eigenvalue weighted by Gasteiger charge is -2.05. The SMILES string of the molecule is CCCc1ccccc1-c1ccc(C)s1. The van der Waals surface area contributed by atoms with Gasteiger partial charge in [-0.1, -0.05) is 37.6 Å². The van der Waals surface area contributed by atoms with Crippen LogP contribution in [0.1, 0.15) is 23.8 Å². The summed E-state index contributed by atoms with van der Waals surface area (Å²) in [7, 11) is 0. The van der Waals surface area contributed by atoms with Gasteiger partial charge >= 0.3 is 0 Å². The molecule has 0 aliphatic rings. The van der Waals surface area contributed by atoms with Crippen LogP contribution in [-0.4, -0.2) is 0 Å². The number of thiophene rings is 1. The van der Waals surface area contributed by atoms with Crippen LogP contribution in [0.15, 0.2) is 36.4 Å². The second kappa shape index (κ2) is 4.63. The molecular weight excluding hydrogens is 200 g/mol. The Morgan fingerprint density at radius 3 is 2.53 bits per heavy atom. The van der Waals surface area contributed by atoms with Crippen molar-refractivity contribution < 1.29 is 0 Å². The predicted octanol–water partition coefficient (Wildman–Crippen LogP) is 4.68. The zero-order chi connectivity index (χ0) is 10.7. The summed E-state index contributed by atoms with van der Waals surface area (Å²) in [5.41, 5.74) is 2.89. The summed E-state index contributed by atoms with van der Waals surface area (Å²) in [5, 5.41) is 0. The molecule has 0 amide bonds. The quantitative estimate of drug-likeness (QED) is 0.699. The lowest BCUT2D eigenvalue weighted by molar-refractivity contribution is 0.924. The molecule has 0 saturated heterocycles. The van der Waals surface area contributed by atoms with Gasteiger partial charge in [-0.25, -0.2) is 0 Å². The third-order valence-corrected chi connectivity index (χ3v) is 3.58. The first-order valence-electron chi connectivity index (χ1n) is 5.46. The van der Waals surface area contributed by atoms with Crippen molar-refractivity contribution in [3.8, 4) is 10.4 Å². The fraction of sp³-hybridized carbons (Fsp3) is 0.286. The molecule has 0 bridgehead atoms. The van der Waals surface area contributed by atoms with E-state index in [2.05, 4.69) is 50.2 Å². The van der Waals surface area contributed by atoms with Gasteiger partial charge in [-0.2, -0.15) is 0 Å². The van der Waals surface area contributed by atoms with Crippen LogP contribution in [0.3, 0.4) is 0 Å². The van der Waals surface area contributed by atoms with Gasteiger partial charge < -0.3 is 0 Å². The van der Waals surface area contributed by atoms with Gasteiger partial charge in [0.1, 0.15) is 0 Å². The van der Waals surface area contributed by atoms with Crippen LogP contribution in [-0.2, 0) is 6.42 Å². The van der Waals surface area contributed by atoms with Crippen LogP contribution in [0.4, 0.5) is 0 Å². The van der Waals surface area contributed by atoms with Crippen LogP contribution in [0.25, 0.3) is 10.4 Å². The minimum Gasteiger partial charge on any atom is -0.141 e. The van der Waals surface area contributed by atoms with Gasteiger partial charge in [0.2, 0.25) is 0 Å². The molecule has 0 saturated carbocycles. The van der Waals surface area contributed by atoms with E-state index in [0.29, 0.717) is 0 Å². The summed E-state index contributed by atoms with van der Waals surface area (Å²) < 4.78 is 0. The summed E-state index contributed by atoms with van der Waals surface area (Å²) in [6.07, 6.45) is 2.38. The number of rotatable bonds is 3. The number of aryl methyl sites for hydroxylation is 2. The fourth-order valence-corrected chi connectivity index (χ4v) is 2.76. The van der Waals surface area contributed by atoms with Crippen LogP contribution in [0.2, 0.25) is 0 Å². The van der Waals surface area contributed by atoms with E-state index in [4.69, 9.17) is 0 Å². The number of hydrogen-bond acceptors (Lipinski definition) is 1. The third-order valence-electron chi connectivity index (χ3n) is 2.54. The maximum atomic E-state index is 2.24. The lowest BCUT2D eigenvalue weighted by Crippen LogP contribution is -1.86. The molecule has 0 N–H and O–H groups in total. The zero-order valence-corrected chi connectivity index (χ0v) is 10.1. The predicted molar refractivity (Wildman–Crippen MR) is 68.5 cm³/mol. The molecule has 78 valence electrons. The zero-order valence-electron chi connectivity index (χ0n) is 9.29. The summed E-state index contributed by atoms with van der Waals surface area (Å²) in [4.78, 5) is 2.79. The average molecular weight is 216 g/mol. The molecule has 2 aromatic rings. The van der Waals surface area contributed by atoms with Crippen LogP contribution in [0.5, 0.6) is 0 Å². The van der Waals surface area contributed by atoms with Gasteiger partial charge in [0.05, 0.1) is 0 Å². The lowest BCUT2D eigenvalue weighted by atomic mass is 10.0. The molecule has 0 fully saturated rings. The van der Waals surface area contributed by atoms with E-state index < -0.39 is 0 Å². The van der Waals surface area contributed by atoms with E-state index in [9.17, 15) is 0 Å². The first-order valence-corrected chi connectivity index (χ1v) is 6.27. The van der Waals surface area contributed by atoms with E-state index in [-0.39, 0.29) is 0 Å². The van der Waals surface area contributed by atoms with Crippen molar-refractivity contribution in [1.29, 1.82) is 0 Å². The molecule has 0 aliphatic carbocycles. The van der Waals surface area contributed by atoms with Gasteiger partial charge in [-0.15, -0.1) is 11.3 Å². The Morgan fingerprint density at radius 1 is 1.07 bits per heavy atom. The summed E-state index contributed by atoms with van der Waals surface area (Å²) >= 11 is 1.88. The molecule has 0 unspecified atom stereocenters. The molecule has 0 aliphatic heterocycles. The van der Waals surface area contributed by atoms with Crippen molar-refractivity contribution in [2.75, 3.05) is 0 Å². The van der Waals surface area contributed by atoms with Gasteiger partial charge in [-0.3, -0.25) is 0 Å². The molecule has 2 rings (SSSR count). The van der Waals surface area contributed by atoms with Gasteiger partial charge in [0.15, 0.2) is 0 Å². The largest absolute Gasteiger partial charge is 0.141 e. The molecule has 0 nitrogen and oxygen atoms in total. The minimum atomic E-state index is 1.17. The smallest absolute Gasteiger partial charge is 0.0348 e. The fourth-order valence-electron chi connectivity index (χ4n) is 1.83. The number of hydrogen-bond donors (Lipinski definition) is 0. The molecule has 1 heteroatoms. The molecule has 1 heterocycles. The monoisotopic (exact) mass is 216 g/mol. The molecule has 0 spiro atoms. The Hall–Kier alpha value is -1.08. The first-order chi connectivity index (χ1) is 7.31. The topological polar surface area (TPSA) is 0 Å². The van der Waals surface area contributed by atoms with E-state index in [1.165, 1.54) is 33.7 Å². The van der Waals surface area contributed by atoms with Crippen molar-refractivity contribution in [1.82, 2.24) is 0 Å². The highest BCUT2D eigenvalue weighted by Gasteiger charge is 2.05. The molecule has 0 radical (unpaired) electrons. The standard InChI is InChI=1S/C14H16S/c1-3-6-12-7-4-5-8-13(12)14-10-9-11(2)15-14/h4-5,7-10H,3,6H2,1-2H3. The maximum absolute atomic E-state index is 2.24. The third kappa shape index (κ3) is 2.29. The molecular formula is C14H16S. The molecule has 15 heavy (non-hydrogen) atoms. The summed E-state index contributed by atoms with van der Waals surface area (Å²) in [6, 6.07) is 13.2. The van der Waals surface area contributed by atoms with E-state index in [1.807, 2.05) is 11.3 Å². The van der Waals surface area contributed by atoms with Gasteiger partial charge in [0, 0.05) is 9.75 Å². The molecule has 1 aromatic heterocycles. The van der Waals surface area contributed by atoms with Gasteiger partial charge in [0.25, 0.3) is 0 Å². The number of benzene rings is 1. The Balaban J connectivity index is 2.42. The summed E-state index contributed by atoms with van der Waals surface area (Å²) in [6.45, 7) is 4.40. The molecule has 1 aromatic carbocycles. The van der Waals surface area contributed by atoms with E-state index in [0.717, 1.165) is 0 Å². The molecule has 0 atom stereocenters. The normalized spacial score (nSPS) is 10.5. The van der Waals surface area contributed by atoms with E-state index in [1.54, 1.807) is 0 Å². The van der Waals surface area contributed by atoms with Crippen LogP contribution >= 0.6 is 11.3 Å². The highest BCUT2D eigenvalue weighted by atomic mass is 32.1. The Labute approximate surface area is 95.6 Å². The second-order valence-corrected chi connectivity index (χ2v) is 5.11. The van der Waals surface area contributed by atoms with Crippen LogP contribution < -0.4 is 0 Å². The second-order valence-electron chi connectivity index (χ2n) is 3.82. The Kier molecular flexibility index (Phi) is 3.22. The van der Waals surface area contributed by atoms with Crippen molar-refractivity contribution in [3.63, 3.8) is 0 Å². The van der Waals surface area contributed by atoms with Crippen molar-refractivity contribution in [2.45, 2.75) is 26.7 Å². The van der Waals surface area contributed by atoms with Crippen molar-refractivity contribution in [2.24, 2.45) is 0 Å². The first kappa shape index (κ1) is 10.4. The van der Waals surface area contributed by atoms with Crippen molar-refractivity contribution >= 4 is 11.3 Å². The maximum Gasteiger partial charge on any atom is 0.0348 e. The highest BCUT2D eigenvalue weighted by molar-refractivity contribution is 7.15. The van der Waals surface area contributed by atoms with Gasteiger partial charge in [-0.05, 0) is 36.6 Å². The van der Waals surface area contributed by atoms with Crippen molar-refractivity contribution in [3.05, 3.63) is 46.8 Å².